The van der Waals surface area contributed by atoms with E-state index in [2.05, 4.69) is 11.8 Å². The van der Waals surface area contributed by atoms with Gasteiger partial charge in [-0.2, -0.15) is 5.06 Å². The largest absolute Gasteiger partial charge is 0.477 e. The molecule has 0 aliphatic heterocycles. The second-order valence-electron chi connectivity index (χ2n) is 5.36. The first-order valence-electron chi connectivity index (χ1n) is 7.50. The van der Waals surface area contributed by atoms with E-state index >= 15 is 0 Å². The highest BCUT2D eigenvalue weighted by Crippen LogP contribution is 2.27. The fourth-order valence-corrected chi connectivity index (χ4v) is 2.32. The van der Waals surface area contributed by atoms with Gasteiger partial charge < -0.3 is 15.2 Å². The van der Waals surface area contributed by atoms with Gasteiger partial charge in [-0.15, -0.1) is 0 Å². The fourth-order valence-electron chi connectivity index (χ4n) is 2.32. The van der Waals surface area contributed by atoms with Crippen molar-refractivity contribution in [3.8, 4) is 29.1 Å². The molecule has 0 heterocycles. The molecule has 25 heavy (non-hydrogen) atoms. The van der Waals surface area contributed by atoms with E-state index in [1.165, 1.54) is 24.3 Å². The number of hydrogen-bond donors (Lipinski definition) is 2. The normalized spacial score (nSPS) is 18.2. The molecule has 3 rings (SSSR count). The maximum atomic E-state index is 12.9. The molecule has 0 saturated heterocycles. The topological polar surface area (TPSA) is 85.0 Å². The van der Waals surface area contributed by atoms with Gasteiger partial charge in [0.2, 0.25) is 0 Å². The molecule has 0 fully saturated rings. The Labute approximate surface area is 143 Å². The molecular formula is C18H15FN2O4. The van der Waals surface area contributed by atoms with Crippen LogP contribution in [-0.4, -0.2) is 28.4 Å². The van der Waals surface area contributed by atoms with Gasteiger partial charge in [-0.25, -0.2) is 9.18 Å². The molecule has 6 nitrogen and oxygen atoms in total. The fraction of sp³-hybridized carbons (Fsp3) is 0.167. The first kappa shape index (κ1) is 16.6. The van der Waals surface area contributed by atoms with Crippen LogP contribution in [-0.2, 0) is 0 Å². The summed E-state index contributed by atoms with van der Waals surface area (Å²) in [6, 6.07) is 10.9. The van der Waals surface area contributed by atoms with Crippen molar-refractivity contribution in [1.29, 1.82) is 0 Å². The zero-order chi connectivity index (χ0) is 17.8. The summed E-state index contributed by atoms with van der Waals surface area (Å²) in [6.45, 7) is 0. The molecule has 1 aliphatic carbocycles. The molecule has 0 saturated carbocycles. The molecule has 2 atom stereocenters. The predicted molar refractivity (Wildman–Crippen MR) is 86.7 cm³/mol. The van der Waals surface area contributed by atoms with Crippen LogP contribution in [0.5, 0.6) is 17.2 Å². The van der Waals surface area contributed by atoms with E-state index in [4.69, 9.17) is 15.2 Å². The van der Waals surface area contributed by atoms with Crippen molar-refractivity contribution in [3.63, 3.8) is 0 Å². The molecule has 7 heteroatoms. The lowest BCUT2D eigenvalue weighted by atomic mass is 10.2. The predicted octanol–water partition coefficient (Wildman–Crippen LogP) is 2.91. The number of urea groups is 1. The van der Waals surface area contributed by atoms with Gasteiger partial charge in [0.05, 0.1) is 0 Å². The Bertz CT molecular complexity index is 829. The van der Waals surface area contributed by atoms with Crippen LogP contribution in [0.1, 0.15) is 6.42 Å². The number of hydroxylamine groups is 2. The van der Waals surface area contributed by atoms with Crippen molar-refractivity contribution in [2.24, 2.45) is 5.73 Å². The molecule has 3 N–H and O–H groups in total. The van der Waals surface area contributed by atoms with Crippen molar-refractivity contribution in [2.45, 2.75) is 18.6 Å². The summed E-state index contributed by atoms with van der Waals surface area (Å²) in [6.07, 6.45) is -0.206. The molecule has 0 aromatic heterocycles. The number of halogens is 1. The van der Waals surface area contributed by atoms with E-state index in [0.717, 1.165) is 0 Å². The van der Waals surface area contributed by atoms with Gasteiger partial charge in [0.1, 0.15) is 29.1 Å². The molecule has 0 spiro atoms. The maximum Gasteiger partial charge on any atom is 0.339 e. The van der Waals surface area contributed by atoms with Crippen molar-refractivity contribution in [1.82, 2.24) is 5.06 Å². The van der Waals surface area contributed by atoms with Gasteiger partial charge in [-0.05, 0) is 36.4 Å². The highest BCUT2D eigenvalue weighted by atomic mass is 19.1. The van der Waals surface area contributed by atoms with Gasteiger partial charge in [0, 0.05) is 12.5 Å². The Kier molecular flexibility index (Phi) is 4.73. The van der Waals surface area contributed by atoms with Crippen LogP contribution in [0.4, 0.5) is 9.18 Å². The van der Waals surface area contributed by atoms with Crippen molar-refractivity contribution < 1.29 is 23.9 Å². The van der Waals surface area contributed by atoms with E-state index < -0.39 is 18.2 Å². The van der Waals surface area contributed by atoms with Crippen LogP contribution in [0.15, 0.2) is 48.5 Å². The summed E-state index contributed by atoms with van der Waals surface area (Å²) in [4.78, 5) is 10.9. The summed E-state index contributed by atoms with van der Waals surface area (Å²) in [5, 5.41) is 9.89. The Morgan fingerprint density at radius 1 is 1.16 bits per heavy atom. The van der Waals surface area contributed by atoms with Crippen LogP contribution in [0.2, 0.25) is 0 Å². The van der Waals surface area contributed by atoms with Crippen molar-refractivity contribution in [3.05, 3.63) is 54.3 Å². The number of hydrogen-bond acceptors (Lipinski definition) is 4. The standard InChI is InChI=1S/C18H15FN2O4/c19-12-4-7-14(8-5-12)24-15-2-1-3-16(11-15)25-17-9-6-13(10-17)21(23)18(20)22/h1-5,7-8,11,13,17,23H,10H2,(H2,20,22). The number of ether oxygens (including phenoxy) is 2. The highest BCUT2D eigenvalue weighted by Gasteiger charge is 2.27. The molecule has 2 unspecified atom stereocenters. The number of benzene rings is 2. The Morgan fingerprint density at radius 2 is 1.88 bits per heavy atom. The summed E-state index contributed by atoms with van der Waals surface area (Å²) in [5.41, 5.74) is 5.00. The van der Waals surface area contributed by atoms with Gasteiger partial charge >= 0.3 is 6.03 Å². The molecule has 2 amide bonds. The Balaban J connectivity index is 1.62. The minimum Gasteiger partial charge on any atom is -0.477 e. The average molecular weight is 342 g/mol. The lowest BCUT2D eigenvalue weighted by Crippen LogP contribution is -2.40. The quantitative estimate of drug-likeness (QED) is 0.497. The third-order valence-electron chi connectivity index (χ3n) is 3.50. The maximum absolute atomic E-state index is 12.9. The molecular weight excluding hydrogens is 327 g/mol. The van der Waals surface area contributed by atoms with Gasteiger partial charge in [-0.3, -0.25) is 5.21 Å². The van der Waals surface area contributed by atoms with Crippen LogP contribution in [0, 0.1) is 17.7 Å². The summed E-state index contributed by atoms with van der Waals surface area (Å²) in [7, 11) is 0. The second-order valence-corrected chi connectivity index (χ2v) is 5.36. The summed E-state index contributed by atoms with van der Waals surface area (Å²) < 4.78 is 24.3. The number of amides is 2. The van der Waals surface area contributed by atoms with Gasteiger partial charge in [-0.1, -0.05) is 17.9 Å². The van der Waals surface area contributed by atoms with E-state index in [-0.39, 0.29) is 12.2 Å². The van der Waals surface area contributed by atoms with E-state index in [1.54, 1.807) is 24.3 Å². The SMILES string of the molecule is NC(=O)N(O)C1C#CC(Oc2cccc(Oc3ccc(F)cc3)c2)C1. The van der Waals surface area contributed by atoms with Crippen LogP contribution < -0.4 is 15.2 Å². The zero-order valence-corrected chi connectivity index (χ0v) is 13.1. The van der Waals surface area contributed by atoms with Crippen molar-refractivity contribution in [2.75, 3.05) is 0 Å². The van der Waals surface area contributed by atoms with Crippen LogP contribution in [0.3, 0.4) is 0 Å². The first-order valence-corrected chi connectivity index (χ1v) is 7.50. The third-order valence-corrected chi connectivity index (χ3v) is 3.50. The number of nitrogens with zero attached hydrogens (tertiary/aromatic N) is 1. The van der Waals surface area contributed by atoms with Gasteiger partial charge in [0.15, 0.2) is 6.10 Å². The van der Waals surface area contributed by atoms with E-state index in [1.807, 2.05) is 0 Å². The smallest absolute Gasteiger partial charge is 0.339 e. The lowest BCUT2D eigenvalue weighted by molar-refractivity contribution is -0.0626. The molecule has 1 aliphatic rings. The molecule has 2 aromatic carbocycles. The Hall–Kier alpha value is -3.24. The molecule has 2 aromatic rings. The van der Waals surface area contributed by atoms with E-state index in [9.17, 15) is 14.4 Å². The lowest BCUT2D eigenvalue weighted by Gasteiger charge is -2.19. The average Bonchev–Trinajstić information content (AvgIpc) is 3.05. The number of primary amides is 1. The first-order chi connectivity index (χ1) is 12.0. The van der Waals surface area contributed by atoms with Crippen LogP contribution >= 0.6 is 0 Å². The number of rotatable bonds is 5. The molecule has 128 valence electrons. The minimum atomic E-state index is -0.963. The van der Waals surface area contributed by atoms with Gasteiger partial charge in [0.25, 0.3) is 0 Å². The second kappa shape index (κ2) is 7.11. The molecule has 0 bridgehead atoms. The van der Waals surface area contributed by atoms with Crippen molar-refractivity contribution >= 4 is 6.03 Å². The minimum absolute atomic E-state index is 0.280. The third kappa shape index (κ3) is 4.19. The highest BCUT2D eigenvalue weighted by molar-refractivity contribution is 5.71. The monoisotopic (exact) mass is 342 g/mol. The number of carbonyl (C=O) groups is 1. The number of nitrogens with two attached hydrogens (primary N) is 1. The zero-order valence-electron chi connectivity index (χ0n) is 13.1. The van der Waals surface area contributed by atoms with Crippen LogP contribution in [0.25, 0.3) is 0 Å². The summed E-state index contributed by atoms with van der Waals surface area (Å²) in [5.74, 6) is 6.70. The summed E-state index contributed by atoms with van der Waals surface area (Å²) >= 11 is 0. The Morgan fingerprint density at radius 3 is 2.60 bits per heavy atom. The number of carbonyl (C=O) groups excluding carboxylic acids is 1. The molecule has 0 radical (unpaired) electrons. The van der Waals surface area contributed by atoms with E-state index in [0.29, 0.717) is 22.3 Å².